The van der Waals surface area contributed by atoms with Gasteiger partial charge in [0.2, 0.25) is 0 Å². The Labute approximate surface area is 224 Å². The van der Waals surface area contributed by atoms with Crippen LogP contribution in [0.1, 0.15) is 33.3 Å². The SMILES string of the molecule is [2H]C([2H])([2H])NC(=O)c1nnc(Nc2ccn(CCN(C)C)n2)cc1Nc1nccc2c1N(C)[C@H](C)c1nn(C)nc1-2. The van der Waals surface area contributed by atoms with Crippen molar-refractivity contribution in [3.63, 3.8) is 0 Å². The molecule has 0 spiro atoms. The fourth-order valence-electron chi connectivity index (χ4n) is 4.25. The van der Waals surface area contributed by atoms with Crippen LogP contribution >= 0.6 is 0 Å². The second-order valence-corrected chi connectivity index (χ2v) is 9.23. The molecule has 4 aromatic heterocycles. The van der Waals surface area contributed by atoms with Crippen molar-refractivity contribution in [2.24, 2.45) is 7.05 Å². The zero-order valence-corrected chi connectivity index (χ0v) is 21.8. The quantitative estimate of drug-likeness (QED) is 0.312. The number of amides is 1. The Kier molecular flexibility index (Phi) is 5.68. The van der Waals surface area contributed by atoms with Crippen molar-refractivity contribution in [2.45, 2.75) is 19.5 Å². The third-order valence-corrected chi connectivity index (χ3v) is 6.30. The maximum Gasteiger partial charge on any atom is 0.273 e. The molecule has 1 atom stereocenters. The molecule has 5 rings (SSSR count). The van der Waals surface area contributed by atoms with Gasteiger partial charge in [-0.1, -0.05) is 0 Å². The molecule has 14 heteroatoms. The molecule has 0 saturated carbocycles. The standard InChI is InChI=1S/C24H31N13O/c1-14-19-20(33-36(6)32-19)15-7-9-26-23(22(15)35(14)5)27-16-13-18(29-30-21(16)24(38)25-2)28-17-8-10-37(31-17)12-11-34(3)4/h7-10,13-14H,11-12H2,1-6H3,(H,25,38)(H2,26,27,28,29,31)/t14-/m1/s1/i2D3. The average molecular weight is 521 g/mol. The average Bonchev–Trinajstić information content (AvgIpc) is 3.51. The molecule has 14 nitrogen and oxygen atoms in total. The molecule has 1 aliphatic heterocycles. The summed E-state index contributed by atoms with van der Waals surface area (Å²) < 4.78 is 24.2. The Hall–Kier alpha value is -4.59. The normalized spacial score (nSPS) is 15.8. The van der Waals surface area contributed by atoms with E-state index in [0.29, 0.717) is 24.0 Å². The predicted octanol–water partition coefficient (Wildman–Crippen LogP) is 1.78. The molecule has 0 fully saturated rings. The number of nitrogens with one attached hydrogen (secondary N) is 3. The fourth-order valence-corrected chi connectivity index (χ4v) is 4.25. The Morgan fingerprint density at radius 2 is 1.97 bits per heavy atom. The first-order valence-corrected chi connectivity index (χ1v) is 12.0. The maximum atomic E-state index is 12.9. The summed E-state index contributed by atoms with van der Waals surface area (Å²) in [5.74, 6) is 0.325. The Morgan fingerprint density at radius 3 is 2.76 bits per heavy atom. The third-order valence-electron chi connectivity index (χ3n) is 6.30. The summed E-state index contributed by atoms with van der Waals surface area (Å²) in [6, 6.07) is 5.10. The van der Waals surface area contributed by atoms with Crippen molar-refractivity contribution < 1.29 is 8.91 Å². The van der Waals surface area contributed by atoms with Gasteiger partial charge < -0.3 is 25.8 Å². The van der Waals surface area contributed by atoms with E-state index in [1.54, 1.807) is 30.1 Å². The molecule has 1 aliphatic rings. The van der Waals surface area contributed by atoms with Gasteiger partial charge in [-0.05, 0) is 27.1 Å². The summed E-state index contributed by atoms with van der Waals surface area (Å²) in [4.78, 5) is 23.1. The van der Waals surface area contributed by atoms with Gasteiger partial charge in [0, 0.05) is 61.8 Å². The number of hydrogen-bond donors (Lipinski definition) is 3. The number of aromatic nitrogens is 8. The minimum atomic E-state index is -2.71. The number of pyridine rings is 1. The number of aryl methyl sites for hydroxylation is 1. The van der Waals surface area contributed by atoms with Crippen molar-refractivity contribution in [3.05, 3.63) is 42.0 Å². The van der Waals surface area contributed by atoms with E-state index in [4.69, 9.17) is 4.11 Å². The summed E-state index contributed by atoms with van der Waals surface area (Å²) in [5, 5.41) is 30.0. The van der Waals surface area contributed by atoms with Crippen LogP contribution in [0.5, 0.6) is 0 Å². The first-order valence-electron chi connectivity index (χ1n) is 13.5. The van der Waals surface area contributed by atoms with Gasteiger partial charge >= 0.3 is 0 Å². The van der Waals surface area contributed by atoms with E-state index < -0.39 is 12.9 Å². The van der Waals surface area contributed by atoms with Crippen LogP contribution in [0.4, 0.5) is 28.8 Å². The highest BCUT2D eigenvalue weighted by Gasteiger charge is 2.32. The highest BCUT2D eigenvalue weighted by atomic mass is 16.1. The third kappa shape index (κ3) is 4.72. The van der Waals surface area contributed by atoms with E-state index in [9.17, 15) is 4.79 Å². The summed E-state index contributed by atoms with van der Waals surface area (Å²) in [5.41, 5.74) is 3.10. The van der Waals surface area contributed by atoms with Gasteiger partial charge in [-0.25, -0.2) is 4.98 Å². The summed E-state index contributed by atoms with van der Waals surface area (Å²) >= 11 is 0. The lowest BCUT2D eigenvalue weighted by atomic mass is 9.99. The number of carbonyl (C=O) groups excluding carboxylic acids is 1. The number of carbonyl (C=O) groups is 1. The Morgan fingerprint density at radius 1 is 1.13 bits per heavy atom. The highest BCUT2D eigenvalue weighted by Crippen LogP contribution is 2.45. The van der Waals surface area contributed by atoms with Crippen molar-refractivity contribution in [2.75, 3.05) is 50.2 Å². The van der Waals surface area contributed by atoms with Crippen molar-refractivity contribution in [3.8, 4) is 11.3 Å². The van der Waals surface area contributed by atoms with Crippen molar-refractivity contribution >= 4 is 34.7 Å². The number of rotatable bonds is 8. The van der Waals surface area contributed by atoms with Crippen LogP contribution in [0.2, 0.25) is 0 Å². The smallest absolute Gasteiger partial charge is 0.273 e. The number of hydrogen-bond acceptors (Lipinski definition) is 11. The maximum absolute atomic E-state index is 12.9. The molecular weight excluding hydrogens is 486 g/mol. The van der Waals surface area contributed by atoms with Gasteiger partial charge in [0.1, 0.15) is 11.4 Å². The summed E-state index contributed by atoms with van der Waals surface area (Å²) in [6.07, 6.45) is 3.47. The molecule has 0 unspecified atom stereocenters. The predicted molar refractivity (Wildman–Crippen MR) is 144 cm³/mol. The van der Waals surface area contributed by atoms with E-state index in [0.717, 1.165) is 29.2 Å². The molecule has 0 aromatic carbocycles. The van der Waals surface area contributed by atoms with Gasteiger partial charge in [0.15, 0.2) is 23.1 Å². The zero-order chi connectivity index (χ0) is 29.5. The number of fused-ring (bicyclic) bond motifs is 3. The molecule has 5 heterocycles. The van der Waals surface area contributed by atoms with Gasteiger partial charge in [-0.2, -0.15) is 20.1 Å². The van der Waals surface area contributed by atoms with E-state index in [1.165, 1.54) is 4.80 Å². The lowest BCUT2D eigenvalue weighted by Crippen LogP contribution is -2.28. The lowest BCUT2D eigenvalue weighted by molar-refractivity contribution is 0.0958. The van der Waals surface area contributed by atoms with E-state index in [-0.39, 0.29) is 17.4 Å². The van der Waals surface area contributed by atoms with Gasteiger partial charge in [-0.3, -0.25) is 9.48 Å². The second-order valence-electron chi connectivity index (χ2n) is 9.23. The molecular formula is C24H31N13O. The van der Waals surface area contributed by atoms with Crippen molar-refractivity contribution in [1.29, 1.82) is 0 Å². The minimum absolute atomic E-state index is 0.107. The topological polar surface area (TPSA) is 147 Å². The number of nitrogens with zero attached hydrogens (tertiary/aromatic N) is 10. The number of likely N-dealkylation sites (N-methyl/N-ethyl adjacent to an activating group) is 1. The van der Waals surface area contributed by atoms with E-state index in [1.807, 2.05) is 50.5 Å². The molecule has 4 aromatic rings. The Balaban J connectivity index is 1.51. The van der Waals surface area contributed by atoms with Crippen LogP contribution in [-0.2, 0) is 13.6 Å². The monoisotopic (exact) mass is 520 g/mol. The molecule has 198 valence electrons. The molecule has 0 radical (unpaired) electrons. The molecule has 38 heavy (non-hydrogen) atoms. The van der Waals surface area contributed by atoms with Crippen LogP contribution in [0, 0.1) is 0 Å². The number of anilines is 5. The molecule has 3 N–H and O–H groups in total. The summed E-state index contributed by atoms with van der Waals surface area (Å²) in [7, 11) is 7.66. The zero-order valence-electron chi connectivity index (χ0n) is 24.8. The second kappa shape index (κ2) is 10.0. The highest BCUT2D eigenvalue weighted by molar-refractivity contribution is 5.99. The summed E-state index contributed by atoms with van der Waals surface area (Å²) in [6.45, 7) is 0.816. The Bertz CT molecular complexity index is 1580. The van der Waals surface area contributed by atoms with Crippen LogP contribution in [0.3, 0.4) is 0 Å². The first kappa shape index (κ1) is 21.5. The van der Waals surface area contributed by atoms with Gasteiger partial charge in [0.05, 0.1) is 24.0 Å². The molecule has 0 bridgehead atoms. The molecule has 0 saturated heterocycles. The lowest BCUT2D eigenvalue weighted by Gasteiger charge is -2.33. The fraction of sp³-hybridized carbons (Fsp3) is 0.375. The largest absolute Gasteiger partial charge is 0.363 e. The van der Waals surface area contributed by atoms with Crippen molar-refractivity contribution in [1.82, 2.24) is 50.2 Å². The van der Waals surface area contributed by atoms with Gasteiger partial charge in [-0.15, -0.1) is 10.2 Å². The van der Waals surface area contributed by atoms with Crippen LogP contribution in [0.25, 0.3) is 11.3 Å². The molecule has 1 amide bonds. The van der Waals surface area contributed by atoms with E-state index in [2.05, 4.69) is 46.0 Å². The van der Waals surface area contributed by atoms with Gasteiger partial charge in [0.25, 0.3) is 5.91 Å². The molecule has 0 aliphatic carbocycles. The van der Waals surface area contributed by atoms with E-state index >= 15 is 0 Å². The minimum Gasteiger partial charge on any atom is -0.363 e. The van der Waals surface area contributed by atoms with Crippen LogP contribution < -0.4 is 20.9 Å². The van der Waals surface area contributed by atoms with Crippen LogP contribution in [-0.4, -0.2) is 85.4 Å². The van der Waals surface area contributed by atoms with Crippen LogP contribution in [0.15, 0.2) is 30.6 Å². The first-order chi connectivity index (χ1) is 19.4.